The van der Waals surface area contributed by atoms with E-state index in [-0.39, 0.29) is 0 Å². The van der Waals surface area contributed by atoms with E-state index >= 15 is 0 Å². The summed E-state index contributed by atoms with van der Waals surface area (Å²) >= 11 is 0. The molecule has 138 valence electrons. The number of aldehydes is 2. The fourth-order valence-electron chi connectivity index (χ4n) is 2.58. The molecule has 0 N–H and O–H groups in total. The van der Waals surface area contributed by atoms with Gasteiger partial charge in [-0.25, -0.2) is 0 Å². The number of rotatable bonds is 13. The fraction of sp³-hybridized carbons (Fsp3) is 0.364. The van der Waals surface area contributed by atoms with Crippen molar-refractivity contribution in [3.8, 4) is 11.5 Å². The van der Waals surface area contributed by atoms with Crippen molar-refractivity contribution in [3.63, 3.8) is 0 Å². The van der Waals surface area contributed by atoms with Gasteiger partial charge in [-0.2, -0.15) is 0 Å². The number of hydrogen-bond donors (Lipinski definition) is 0. The first kappa shape index (κ1) is 19.7. The highest BCUT2D eigenvalue weighted by Gasteiger charge is 1.97. The first-order valence-electron chi connectivity index (χ1n) is 9.18. The van der Waals surface area contributed by atoms with E-state index < -0.39 is 0 Å². The Labute approximate surface area is 155 Å². The topological polar surface area (TPSA) is 52.6 Å². The van der Waals surface area contributed by atoms with E-state index in [9.17, 15) is 9.59 Å². The Kier molecular flexibility index (Phi) is 8.98. The minimum atomic E-state index is 0.666. The maximum atomic E-state index is 10.6. The maximum Gasteiger partial charge on any atom is 0.150 e. The van der Waals surface area contributed by atoms with Crippen molar-refractivity contribution >= 4 is 12.6 Å². The van der Waals surface area contributed by atoms with Crippen LogP contribution in [0.15, 0.2) is 48.5 Å². The van der Waals surface area contributed by atoms with E-state index in [1.807, 2.05) is 24.3 Å². The first-order valence-corrected chi connectivity index (χ1v) is 9.18. The van der Waals surface area contributed by atoms with Crippen molar-refractivity contribution in [2.75, 3.05) is 13.2 Å². The zero-order valence-electron chi connectivity index (χ0n) is 15.1. The Hall–Kier alpha value is -2.62. The van der Waals surface area contributed by atoms with E-state index in [0.29, 0.717) is 24.3 Å². The molecule has 0 atom stereocenters. The molecule has 0 unspecified atom stereocenters. The van der Waals surface area contributed by atoms with Crippen molar-refractivity contribution < 1.29 is 19.1 Å². The third kappa shape index (κ3) is 7.51. The summed E-state index contributed by atoms with van der Waals surface area (Å²) in [6.45, 7) is 1.42. The molecule has 0 bridgehead atoms. The summed E-state index contributed by atoms with van der Waals surface area (Å²) in [5, 5.41) is 0. The van der Waals surface area contributed by atoms with E-state index in [1.54, 1.807) is 24.3 Å². The molecule has 2 rings (SSSR count). The van der Waals surface area contributed by atoms with Crippen LogP contribution in [0.1, 0.15) is 59.2 Å². The lowest BCUT2D eigenvalue weighted by atomic mass is 10.1. The molecular formula is C22H26O4. The predicted octanol–water partition coefficient (Wildman–Crippen LogP) is 5.11. The Morgan fingerprint density at radius 3 is 1.23 bits per heavy atom. The number of carbonyl (C=O) groups is 2. The van der Waals surface area contributed by atoms with Gasteiger partial charge in [0.05, 0.1) is 13.2 Å². The van der Waals surface area contributed by atoms with Crippen LogP contribution in [0.3, 0.4) is 0 Å². The molecule has 0 saturated carbocycles. The van der Waals surface area contributed by atoms with Gasteiger partial charge in [0.25, 0.3) is 0 Å². The number of ether oxygens (including phenoxy) is 2. The summed E-state index contributed by atoms with van der Waals surface area (Å²) in [4.78, 5) is 21.2. The third-order valence-corrected chi connectivity index (χ3v) is 4.11. The second kappa shape index (κ2) is 11.9. The molecule has 0 aliphatic rings. The molecule has 2 aromatic carbocycles. The van der Waals surface area contributed by atoms with Crippen molar-refractivity contribution in [2.45, 2.75) is 38.5 Å². The molecule has 0 aliphatic carbocycles. The van der Waals surface area contributed by atoms with E-state index in [2.05, 4.69) is 0 Å². The van der Waals surface area contributed by atoms with Crippen LogP contribution in [0.5, 0.6) is 11.5 Å². The number of hydrogen-bond acceptors (Lipinski definition) is 4. The van der Waals surface area contributed by atoms with Crippen molar-refractivity contribution in [1.82, 2.24) is 0 Å². The van der Waals surface area contributed by atoms with Crippen LogP contribution >= 0.6 is 0 Å². The van der Waals surface area contributed by atoms with Crippen LogP contribution in [0.4, 0.5) is 0 Å². The van der Waals surface area contributed by atoms with Gasteiger partial charge in [-0.1, -0.05) is 25.7 Å². The van der Waals surface area contributed by atoms with Gasteiger partial charge in [0.1, 0.15) is 24.1 Å². The molecule has 4 heteroatoms. The quantitative estimate of drug-likeness (QED) is 0.370. The van der Waals surface area contributed by atoms with Gasteiger partial charge < -0.3 is 9.47 Å². The molecule has 0 aromatic heterocycles. The third-order valence-electron chi connectivity index (χ3n) is 4.11. The molecule has 4 nitrogen and oxygen atoms in total. The van der Waals surface area contributed by atoms with E-state index in [0.717, 1.165) is 49.8 Å². The molecule has 0 spiro atoms. The van der Waals surface area contributed by atoms with Crippen LogP contribution in [-0.4, -0.2) is 25.8 Å². The number of benzene rings is 2. The predicted molar refractivity (Wildman–Crippen MR) is 102 cm³/mol. The fourth-order valence-corrected chi connectivity index (χ4v) is 2.58. The summed E-state index contributed by atoms with van der Waals surface area (Å²) in [5.41, 5.74) is 1.33. The monoisotopic (exact) mass is 354 g/mol. The zero-order chi connectivity index (χ0) is 18.5. The molecule has 0 fully saturated rings. The maximum absolute atomic E-state index is 10.6. The van der Waals surface area contributed by atoms with E-state index in [4.69, 9.17) is 9.47 Å². The summed E-state index contributed by atoms with van der Waals surface area (Å²) in [6.07, 6.45) is 8.43. The van der Waals surface area contributed by atoms with Gasteiger partial charge in [0.15, 0.2) is 0 Å². The zero-order valence-corrected chi connectivity index (χ0v) is 15.1. The summed E-state index contributed by atoms with van der Waals surface area (Å²) < 4.78 is 11.3. The lowest BCUT2D eigenvalue weighted by Crippen LogP contribution is -1.98. The molecule has 26 heavy (non-hydrogen) atoms. The van der Waals surface area contributed by atoms with Crippen molar-refractivity contribution in [1.29, 1.82) is 0 Å². The highest BCUT2D eigenvalue weighted by molar-refractivity contribution is 5.75. The Morgan fingerprint density at radius 2 is 0.885 bits per heavy atom. The Balaban J connectivity index is 1.42. The van der Waals surface area contributed by atoms with Gasteiger partial charge in [-0.3, -0.25) is 9.59 Å². The normalized spacial score (nSPS) is 10.3. The molecule has 0 saturated heterocycles. The van der Waals surface area contributed by atoms with Gasteiger partial charge in [-0.05, 0) is 61.4 Å². The molecule has 2 aromatic rings. The van der Waals surface area contributed by atoms with Gasteiger partial charge >= 0.3 is 0 Å². The molecular weight excluding hydrogens is 328 g/mol. The van der Waals surface area contributed by atoms with Crippen LogP contribution in [-0.2, 0) is 0 Å². The lowest BCUT2D eigenvalue weighted by Gasteiger charge is -2.07. The molecule has 0 radical (unpaired) electrons. The first-order chi connectivity index (χ1) is 12.8. The minimum absolute atomic E-state index is 0.666. The van der Waals surface area contributed by atoms with Crippen LogP contribution < -0.4 is 9.47 Å². The highest BCUT2D eigenvalue weighted by Crippen LogP contribution is 2.14. The minimum Gasteiger partial charge on any atom is -0.494 e. The molecule has 0 amide bonds. The summed E-state index contributed by atoms with van der Waals surface area (Å²) in [5.74, 6) is 1.63. The smallest absolute Gasteiger partial charge is 0.150 e. The largest absolute Gasteiger partial charge is 0.494 e. The van der Waals surface area contributed by atoms with Crippen LogP contribution in [0.25, 0.3) is 0 Å². The van der Waals surface area contributed by atoms with Crippen molar-refractivity contribution in [3.05, 3.63) is 59.7 Å². The number of unbranched alkanes of at least 4 members (excludes halogenated alkanes) is 5. The average molecular weight is 354 g/mol. The Bertz CT molecular complexity index is 587. The molecule has 0 heterocycles. The SMILES string of the molecule is O=Cc1ccc(OCCCCCCCCOc2ccc(C=O)cc2)cc1. The van der Waals surface area contributed by atoms with E-state index in [1.165, 1.54) is 12.8 Å². The van der Waals surface area contributed by atoms with Gasteiger partial charge in [0, 0.05) is 11.1 Å². The van der Waals surface area contributed by atoms with Gasteiger partial charge in [0.2, 0.25) is 0 Å². The Morgan fingerprint density at radius 1 is 0.538 bits per heavy atom. The van der Waals surface area contributed by atoms with Crippen LogP contribution in [0.2, 0.25) is 0 Å². The number of carbonyl (C=O) groups excluding carboxylic acids is 2. The lowest BCUT2D eigenvalue weighted by molar-refractivity contribution is 0.111. The molecule has 0 aliphatic heterocycles. The van der Waals surface area contributed by atoms with Crippen molar-refractivity contribution in [2.24, 2.45) is 0 Å². The second-order valence-corrected chi connectivity index (χ2v) is 6.19. The summed E-state index contributed by atoms with van der Waals surface area (Å²) in [7, 11) is 0. The standard InChI is InChI=1S/C22H26O4/c23-17-19-7-11-21(12-8-19)25-15-5-3-1-2-4-6-16-26-22-13-9-20(18-24)10-14-22/h7-14,17-18H,1-6,15-16H2. The van der Waals surface area contributed by atoms with Gasteiger partial charge in [-0.15, -0.1) is 0 Å². The second-order valence-electron chi connectivity index (χ2n) is 6.19. The summed E-state index contributed by atoms with van der Waals surface area (Å²) in [6, 6.07) is 14.4. The average Bonchev–Trinajstić information content (AvgIpc) is 2.70. The highest BCUT2D eigenvalue weighted by atomic mass is 16.5. The van der Waals surface area contributed by atoms with Crippen LogP contribution in [0, 0.1) is 0 Å².